The number of anilines is 1. The first-order valence-corrected chi connectivity index (χ1v) is 7.60. The Morgan fingerprint density at radius 1 is 1.25 bits per heavy atom. The van der Waals surface area contributed by atoms with Gasteiger partial charge in [0.05, 0.1) is 4.92 Å². The highest BCUT2D eigenvalue weighted by atomic mass is 32.2. The van der Waals surface area contributed by atoms with E-state index >= 15 is 0 Å². The van der Waals surface area contributed by atoms with Gasteiger partial charge in [0.15, 0.2) is 5.82 Å². The number of aromatic nitrogens is 2. The molecule has 0 spiro atoms. The second-order valence-electron chi connectivity index (χ2n) is 4.91. The maximum absolute atomic E-state index is 11.9. The molecule has 0 atom stereocenters. The first kappa shape index (κ1) is 15.9. The lowest BCUT2D eigenvalue weighted by atomic mass is 10.2. The monoisotopic (exact) mass is 345 g/mol. The molecule has 0 saturated carbocycles. The van der Waals surface area contributed by atoms with Crippen molar-refractivity contribution >= 4 is 40.1 Å². The number of hydrazone groups is 1. The van der Waals surface area contributed by atoms with Crippen molar-refractivity contribution in [1.82, 2.24) is 9.55 Å². The minimum Gasteiger partial charge on any atom is -0.274 e. The molecule has 1 aliphatic rings. The van der Waals surface area contributed by atoms with Gasteiger partial charge in [-0.1, -0.05) is 12.1 Å². The topological polar surface area (TPSA) is 111 Å². The van der Waals surface area contributed by atoms with Crippen molar-refractivity contribution in [2.75, 3.05) is 5.01 Å². The van der Waals surface area contributed by atoms with Crippen LogP contribution in [0.1, 0.15) is 24.2 Å². The number of hydrogen-bond acceptors (Lipinski definition) is 7. The number of nitro benzene ring substituents is 1. The Hall–Kier alpha value is -3.01. The van der Waals surface area contributed by atoms with Gasteiger partial charge in [0.1, 0.15) is 16.4 Å². The number of nitrogens with zero attached hydrogens (tertiary/aromatic N) is 5. The summed E-state index contributed by atoms with van der Waals surface area (Å²) in [6.45, 7) is 2.69. The molecule has 2 heterocycles. The summed E-state index contributed by atoms with van der Waals surface area (Å²) in [6.07, 6.45) is 1.32. The molecule has 1 aromatic heterocycles. The quantitative estimate of drug-likeness (QED) is 0.610. The SMILES string of the molecule is CC(=O)N1N=C(c2cccc([N+](=O)[O-])c2)Sc2c1ncn2C(C)=O. The maximum atomic E-state index is 11.9. The highest BCUT2D eigenvalue weighted by Crippen LogP contribution is 2.37. The van der Waals surface area contributed by atoms with Crippen LogP contribution in [-0.4, -0.2) is 31.3 Å². The zero-order valence-corrected chi connectivity index (χ0v) is 13.5. The molecule has 1 aliphatic heterocycles. The summed E-state index contributed by atoms with van der Waals surface area (Å²) in [5, 5.41) is 17.1. The van der Waals surface area contributed by atoms with Crippen LogP contribution in [0.5, 0.6) is 0 Å². The van der Waals surface area contributed by atoms with Crippen LogP contribution in [0.25, 0.3) is 0 Å². The van der Waals surface area contributed by atoms with Gasteiger partial charge < -0.3 is 0 Å². The van der Waals surface area contributed by atoms with E-state index in [0.29, 0.717) is 15.6 Å². The van der Waals surface area contributed by atoms with Crippen LogP contribution in [0.4, 0.5) is 11.5 Å². The summed E-state index contributed by atoms with van der Waals surface area (Å²) >= 11 is 1.13. The third-order valence-electron chi connectivity index (χ3n) is 3.23. The van der Waals surface area contributed by atoms with Crippen LogP contribution in [0.15, 0.2) is 40.7 Å². The van der Waals surface area contributed by atoms with E-state index in [2.05, 4.69) is 10.1 Å². The number of hydrogen-bond donors (Lipinski definition) is 0. The van der Waals surface area contributed by atoms with Crippen molar-refractivity contribution in [1.29, 1.82) is 0 Å². The van der Waals surface area contributed by atoms with Crippen molar-refractivity contribution < 1.29 is 14.5 Å². The van der Waals surface area contributed by atoms with E-state index in [-0.39, 0.29) is 23.3 Å². The molecule has 0 saturated heterocycles. The van der Waals surface area contributed by atoms with Gasteiger partial charge in [-0.25, -0.2) is 4.98 Å². The molecule has 122 valence electrons. The molecule has 0 unspecified atom stereocenters. The molecule has 0 aliphatic carbocycles. The largest absolute Gasteiger partial charge is 0.274 e. The number of thioether (sulfide) groups is 1. The molecule has 1 amide bonds. The Kier molecular flexibility index (Phi) is 3.89. The second-order valence-corrected chi connectivity index (χ2v) is 5.89. The average Bonchev–Trinajstić information content (AvgIpc) is 2.97. The van der Waals surface area contributed by atoms with Crippen LogP contribution in [0, 0.1) is 10.1 Å². The molecule has 2 aromatic rings. The van der Waals surface area contributed by atoms with Gasteiger partial charge in [-0.05, 0) is 11.8 Å². The summed E-state index contributed by atoms with van der Waals surface area (Å²) < 4.78 is 1.31. The summed E-state index contributed by atoms with van der Waals surface area (Å²) in [5.74, 6) is -0.384. The van der Waals surface area contributed by atoms with Crippen LogP contribution in [-0.2, 0) is 4.79 Å². The van der Waals surface area contributed by atoms with E-state index in [1.807, 2.05) is 0 Å². The van der Waals surface area contributed by atoms with Crippen LogP contribution >= 0.6 is 11.8 Å². The third-order valence-corrected chi connectivity index (χ3v) is 4.32. The number of fused-ring (bicyclic) bond motifs is 1. The van der Waals surface area contributed by atoms with E-state index in [1.165, 1.54) is 42.9 Å². The van der Waals surface area contributed by atoms with Crippen LogP contribution in [0.2, 0.25) is 0 Å². The van der Waals surface area contributed by atoms with E-state index in [0.717, 1.165) is 16.8 Å². The van der Waals surface area contributed by atoms with Crippen molar-refractivity contribution in [2.45, 2.75) is 18.9 Å². The maximum Gasteiger partial charge on any atom is 0.270 e. The Labute approximate surface area is 140 Å². The van der Waals surface area contributed by atoms with E-state index in [1.54, 1.807) is 6.07 Å². The van der Waals surface area contributed by atoms with Gasteiger partial charge in [-0.2, -0.15) is 10.1 Å². The normalized spacial score (nSPS) is 13.2. The number of amides is 1. The minimum absolute atomic E-state index is 0.0870. The van der Waals surface area contributed by atoms with Crippen molar-refractivity contribution in [2.24, 2.45) is 5.10 Å². The van der Waals surface area contributed by atoms with Gasteiger partial charge in [0, 0.05) is 31.5 Å². The lowest BCUT2D eigenvalue weighted by Crippen LogP contribution is -2.28. The van der Waals surface area contributed by atoms with Crippen molar-refractivity contribution in [3.05, 3.63) is 46.3 Å². The van der Waals surface area contributed by atoms with Gasteiger partial charge in [0.25, 0.3) is 5.69 Å². The number of carbonyl (C=O) groups is 2. The zero-order chi connectivity index (χ0) is 17.4. The molecule has 10 heteroatoms. The number of benzene rings is 1. The first-order chi connectivity index (χ1) is 11.4. The predicted molar refractivity (Wildman–Crippen MR) is 87.2 cm³/mol. The molecular weight excluding hydrogens is 334 g/mol. The zero-order valence-electron chi connectivity index (χ0n) is 12.7. The van der Waals surface area contributed by atoms with Crippen molar-refractivity contribution in [3.8, 4) is 0 Å². The molecule has 0 fully saturated rings. The summed E-state index contributed by atoms with van der Waals surface area (Å²) in [5.41, 5.74) is 0.387. The second kappa shape index (κ2) is 5.89. The van der Waals surface area contributed by atoms with Gasteiger partial charge in [-0.15, -0.1) is 0 Å². The Bertz CT molecular complexity index is 904. The van der Waals surface area contributed by atoms with Gasteiger partial charge in [-0.3, -0.25) is 24.3 Å². The van der Waals surface area contributed by atoms with Gasteiger partial charge >= 0.3 is 0 Å². The van der Waals surface area contributed by atoms with E-state index in [9.17, 15) is 19.7 Å². The molecular formula is C14H11N5O4S. The van der Waals surface area contributed by atoms with E-state index in [4.69, 9.17) is 0 Å². The Morgan fingerprint density at radius 3 is 2.62 bits per heavy atom. The first-order valence-electron chi connectivity index (χ1n) is 6.78. The highest BCUT2D eigenvalue weighted by Gasteiger charge is 2.29. The summed E-state index contributed by atoms with van der Waals surface area (Å²) in [4.78, 5) is 38.1. The summed E-state index contributed by atoms with van der Waals surface area (Å²) in [7, 11) is 0. The fourth-order valence-corrected chi connectivity index (χ4v) is 3.19. The fraction of sp³-hybridized carbons (Fsp3) is 0.143. The number of imidazole rings is 1. The molecule has 24 heavy (non-hydrogen) atoms. The number of carbonyl (C=O) groups excluding carboxylic acids is 2. The molecule has 0 N–H and O–H groups in total. The lowest BCUT2D eigenvalue weighted by molar-refractivity contribution is -0.384. The minimum atomic E-state index is -0.508. The molecule has 9 nitrogen and oxygen atoms in total. The average molecular weight is 345 g/mol. The summed E-state index contributed by atoms with van der Waals surface area (Å²) in [6, 6.07) is 5.91. The highest BCUT2D eigenvalue weighted by molar-refractivity contribution is 8.14. The van der Waals surface area contributed by atoms with Crippen molar-refractivity contribution in [3.63, 3.8) is 0 Å². The van der Waals surface area contributed by atoms with E-state index < -0.39 is 4.92 Å². The molecule has 1 aromatic carbocycles. The Balaban J connectivity index is 2.11. The third kappa shape index (κ3) is 2.67. The fourth-order valence-electron chi connectivity index (χ4n) is 2.13. The number of nitro groups is 1. The van der Waals surface area contributed by atoms with Gasteiger partial charge in [0.2, 0.25) is 11.8 Å². The molecule has 3 rings (SSSR count). The molecule has 0 radical (unpaired) electrons. The number of non-ortho nitro benzene ring substituents is 1. The molecule has 0 bridgehead atoms. The number of rotatable bonds is 2. The Morgan fingerprint density at radius 2 is 2.00 bits per heavy atom. The standard InChI is InChI=1S/C14H11N5O4S/c1-8(20)17-7-15-12-14(17)24-13(16-18(12)9(2)21)10-4-3-5-11(6-10)19(22)23/h3-7H,1-2H3. The smallest absolute Gasteiger partial charge is 0.270 e. The van der Waals surface area contributed by atoms with Crippen LogP contribution < -0.4 is 5.01 Å². The lowest BCUT2D eigenvalue weighted by Gasteiger charge is -2.21. The van der Waals surface area contributed by atoms with Crippen LogP contribution in [0.3, 0.4) is 0 Å². The predicted octanol–water partition coefficient (Wildman–Crippen LogP) is 2.27.